The third kappa shape index (κ3) is 5.63. The van der Waals surface area contributed by atoms with E-state index in [1.165, 1.54) is 56.1 Å². The van der Waals surface area contributed by atoms with Crippen molar-refractivity contribution in [1.82, 2.24) is 0 Å². The molecule has 0 fully saturated rings. The standard InChI is InChI=1S/C21H30N2/c1-2-3-4-5-6-7-8-21(17-9-13-19(22)14-10-17)18-11-15-20(23)16-12-18/h9-16,21H,2-8,22-23H2,1H3. The summed E-state index contributed by atoms with van der Waals surface area (Å²) >= 11 is 0. The Morgan fingerprint density at radius 3 is 1.57 bits per heavy atom. The molecule has 0 radical (unpaired) electrons. The van der Waals surface area contributed by atoms with Crippen molar-refractivity contribution in [2.45, 2.75) is 57.8 Å². The molecule has 0 bridgehead atoms. The molecule has 2 rings (SSSR count). The summed E-state index contributed by atoms with van der Waals surface area (Å²) in [5.74, 6) is 0.433. The first-order chi connectivity index (χ1) is 11.2. The zero-order chi connectivity index (χ0) is 16.5. The minimum Gasteiger partial charge on any atom is -0.399 e. The molecule has 124 valence electrons. The summed E-state index contributed by atoms with van der Waals surface area (Å²) in [6.45, 7) is 2.26. The average molecular weight is 310 g/mol. The lowest BCUT2D eigenvalue weighted by Crippen LogP contribution is -2.02. The highest BCUT2D eigenvalue weighted by molar-refractivity contribution is 5.45. The van der Waals surface area contributed by atoms with Crippen LogP contribution in [0.1, 0.15) is 68.9 Å². The number of anilines is 2. The summed E-state index contributed by atoms with van der Waals surface area (Å²) in [5, 5.41) is 0. The van der Waals surface area contributed by atoms with E-state index in [4.69, 9.17) is 11.5 Å². The smallest absolute Gasteiger partial charge is 0.0314 e. The van der Waals surface area contributed by atoms with Gasteiger partial charge in [-0.15, -0.1) is 0 Å². The Morgan fingerprint density at radius 2 is 1.09 bits per heavy atom. The molecular formula is C21H30N2. The first-order valence-electron chi connectivity index (χ1n) is 8.91. The highest BCUT2D eigenvalue weighted by Gasteiger charge is 2.13. The van der Waals surface area contributed by atoms with Crippen LogP contribution in [-0.4, -0.2) is 0 Å². The number of benzene rings is 2. The van der Waals surface area contributed by atoms with Crippen molar-refractivity contribution in [2.75, 3.05) is 11.5 Å². The molecule has 2 heteroatoms. The van der Waals surface area contributed by atoms with Crippen molar-refractivity contribution in [3.05, 3.63) is 59.7 Å². The van der Waals surface area contributed by atoms with Crippen LogP contribution in [0.3, 0.4) is 0 Å². The molecule has 0 amide bonds. The van der Waals surface area contributed by atoms with Gasteiger partial charge in [0.1, 0.15) is 0 Å². The van der Waals surface area contributed by atoms with Crippen LogP contribution in [0, 0.1) is 0 Å². The van der Waals surface area contributed by atoms with Crippen LogP contribution in [0.4, 0.5) is 11.4 Å². The van der Waals surface area contributed by atoms with Gasteiger partial charge in [-0.25, -0.2) is 0 Å². The highest BCUT2D eigenvalue weighted by atomic mass is 14.5. The van der Waals surface area contributed by atoms with Crippen LogP contribution in [0.25, 0.3) is 0 Å². The van der Waals surface area contributed by atoms with E-state index in [2.05, 4.69) is 31.2 Å². The Kier molecular flexibility index (Phi) is 6.99. The number of nitrogens with two attached hydrogens (primary N) is 2. The molecule has 0 unspecified atom stereocenters. The van der Waals surface area contributed by atoms with Gasteiger partial charge < -0.3 is 11.5 Å². The van der Waals surface area contributed by atoms with E-state index in [-0.39, 0.29) is 0 Å². The van der Waals surface area contributed by atoms with Gasteiger partial charge in [0, 0.05) is 17.3 Å². The Bertz CT molecular complexity index is 512. The van der Waals surface area contributed by atoms with Gasteiger partial charge in [0.25, 0.3) is 0 Å². The van der Waals surface area contributed by atoms with Crippen LogP contribution in [0.5, 0.6) is 0 Å². The summed E-state index contributed by atoms with van der Waals surface area (Å²) in [5.41, 5.74) is 16.0. The van der Waals surface area contributed by atoms with Gasteiger partial charge in [-0.05, 0) is 41.8 Å². The van der Waals surface area contributed by atoms with Crippen molar-refractivity contribution in [3.8, 4) is 0 Å². The van der Waals surface area contributed by atoms with Crippen LogP contribution >= 0.6 is 0 Å². The van der Waals surface area contributed by atoms with Crippen LogP contribution in [0.2, 0.25) is 0 Å². The summed E-state index contributed by atoms with van der Waals surface area (Å²) in [7, 11) is 0. The predicted octanol–water partition coefficient (Wildman–Crippen LogP) is 5.73. The third-order valence-corrected chi connectivity index (χ3v) is 4.52. The second-order valence-electron chi connectivity index (χ2n) is 6.44. The minimum absolute atomic E-state index is 0.433. The fraction of sp³-hybridized carbons (Fsp3) is 0.429. The average Bonchev–Trinajstić information content (AvgIpc) is 2.57. The number of hydrogen-bond donors (Lipinski definition) is 2. The van der Waals surface area contributed by atoms with E-state index in [0.29, 0.717) is 5.92 Å². The van der Waals surface area contributed by atoms with Gasteiger partial charge in [0.2, 0.25) is 0 Å². The summed E-state index contributed by atoms with van der Waals surface area (Å²) in [6.07, 6.45) is 9.15. The Balaban J connectivity index is 2.02. The molecule has 0 aliphatic heterocycles. The number of hydrogen-bond acceptors (Lipinski definition) is 2. The number of nitrogen functional groups attached to an aromatic ring is 2. The van der Waals surface area contributed by atoms with E-state index in [9.17, 15) is 0 Å². The van der Waals surface area contributed by atoms with Crippen molar-refractivity contribution >= 4 is 11.4 Å². The lowest BCUT2D eigenvalue weighted by Gasteiger charge is -2.18. The molecule has 0 aromatic heterocycles. The molecule has 0 aliphatic carbocycles. The summed E-state index contributed by atoms with van der Waals surface area (Å²) in [6, 6.07) is 16.6. The summed E-state index contributed by atoms with van der Waals surface area (Å²) < 4.78 is 0. The van der Waals surface area contributed by atoms with E-state index >= 15 is 0 Å². The maximum absolute atomic E-state index is 5.84. The zero-order valence-corrected chi connectivity index (χ0v) is 14.3. The molecule has 0 atom stereocenters. The first kappa shape index (κ1) is 17.4. The second kappa shape index (κ2) is 9.24. The zero-order valence-electron chi connectivity index (χ0n) is 14.3. The van der Waals surface area contributed by atoms with Gasteiger partial charge >= 0.3 is 0 Å². The molecule has 0 spiro atoms. The molecule has 0 saturated heterocycles. The van der Waals surface area contributed by atoms with Crippen molar-refractivity contribution in [1.29, 1.82) is 0 Å². The van der Waals surface area contributed by atoms with Gasteiger partial charge in [0.15, 0.2) is 0 Å². The Morgan fingerprint density at radius 1 is 0.652 bits per heavy atom. The lowest BCUT2D eigenvalue weighted by atomic mass is 9.86. The van der Waals surface area contributed by atoms with E-state index in [1.54, 1.807) is 0 Å². The van der Waals surface area contributed by atoms with Crippen molar-refractivity contribution in [3.63, 3.8) is 0 Å². The predicted molar refractivity (Wildman–Crippen MR) is 102 cm³/mol. The quantitative estimate of drug-likeness (QED) is 0.459. The normalized spacial score (nSPS) is 11.0. The third-order valence-electron chi connectivity index (χ3n) is 4.52. The van der Waals surface area contributed by atoms with Gasteiger partial charge in [-0.1, -0.05) is 69.7 Å². The number of unbranched alkanes of at least 4 members (excludes halogenated alkanes) is 5. The fourth-order valence-corrected chi connectivity index (χ4v) is 3.11. The second-order valence-corrected chi connectivity index (χ2v) is 6.44. The molecule has 4 N–H and O–H groups in total. The summed E-state index contributed by atoms with van der Waals surface area (Å²) in [4.78, 5) is 0. The maximum Gasteiger partial charge on any atom is 0.0314 e. The highest BCUT2D eigenvalue weighted by Crippen LogP contribution is 2.31. The molecule has 2 aromatic rings. The molecule has 0 aliphatic rings. The van der Waals surface area contributed by atoms with Crippen LogP contribution in [0.15, 0.2) is 48.5 Å². The van der Waals surface area contributed by atoms with Gasteiger partial charge in [0.05, 0.1) is 0 Å². The molecule has 23 heavy (non-hydrogen) atoms. The van der Waals surface area contributed by atoms with Crippen molar-refractivity contribution in [2.24, 2.45) is 0 Å². The van der Waals surface area contributed by atoms with E-state index < -0.39 is 0 Å². The van der Waals surface area contributed by atoms with Crippen LogP contribution < -0.4 is 11.5 Å². The van der Waals surface area contributed by atoms with Gasteiger partial charge in [-0.3, -0.25) is 0 Å². The topological polar surface area (TPSA) is 52.0 Å². The SMILES string of the molecule is CCCCCCCCC(c1ccc(N)cc1)c1ccc(N)cc1. The molecule has 0 saturated carbocycles. The minimum atomic E-state index is 0.433. The Labute approximate surface area is 140 Å². The lowest BCUT2D eigenvalue weighted by molar-refractivity contribution is 0.568. The van der Waals surface area contributed by atoms with E-state index in [0.717, 1.165) is 11.4 Å². The number of rotatable bonds is 9. The largest absolute Gasteiger partial charge is 0.399 e. The molecule has 2 aromatic carbocycles. The molecule has 0 heterocycles. The van der Waals surface area contributed by atoms with Gasteiger partial charge in [-0.2, -0.15) is 0 Å². The Hall–Kier alpha value is -1.96. The monoisotopic (exact) mass is 310 g/mol. The van der Waals surface area contributed by atoms with E-state index in [1.807, 2.05) is 24.3 Å². The van der Waals surface area contributed by atoms with Crippen LogP contribution in [-0.2, 0) is 0 Å². The maximum atomic E-state index is 5.84. The fourth-order valence-electron chi connectivity index (χ4n) is 3.11. The molecular weight excluding hydrogens is 280 g/mol. The first-order valence-corrected chi connectivity index (χ1v) is 8.91. The van der Waals surface area contributed by atoms with Crippen molar-refractivity contribution < 1.29 is 0 Å². The molecule has 2 nitrogen and oxygen atoms in total.